The van der Waals surface area contributed by atoms with Crippen LogP contribution < -0.4 is 0 Å². The fourth-order valence-corrected chi connectivity index (χ4v) is 1.82. The second kappa shape index (κ2) is 4.23. The second-order valence-corrected chi connectivity index (χ2v) is 3.71. The molecule has 1 aromatic heterocycles. The van der Waals surface area contributed by atoms with E-state index in [0.717, 1.165) is 0 Å². The summed E-state index contributed by atoms with van der Waals surface area (Å²) >= 11 is 1.41. The number of likely N-dealkylation sites (N-methyl/N-ethyl adjacent to an activating group) is 1. The molecule has 1 N–H and O–H groups in total. The van der Waals surface area contributed by atoms with Crippen molar-refractivity contribution in [2.75, 3.05) is 7.05 Å². The van der Waals surface area contributed by atoms with Crippen LogP contribution in [-0.2, 0) is 9.59 Å². The molecule has 1 aromatic rings. The molecule has 0 fully saturated rings. The molecule has 4 nitrogen and oxygen atoms in total. The molecule has 0 radical (unpaired) electrons. The molecule has 1 rings (SSSR count). The molecule has 0 spiro atoms. The molecule has 1 heterocycles. The summed E-state index contributed by atoms with van der Waals surface area (Å²) in [6.07, 6.45) is 0. The van der Waals surface area contributed by atoms with Crippen LogP contribution in [0.4, 0.5) is 0 Å². The third kappa shape index (κ3) is 2.11. The second-order valence-electron chi connectivity index (χ2n) is 2.93. The Morgan fingerprint density at radius 2 is 2.21 bits per heavy atom. The number of carbonyl (C=O) groups excluding carboxylic acids is 1. The average Bonchev–Trinajstić information content (AvgIpc) is 2.56. The van der Waals surface area contributed by atoms with Gasteiger partial charge in [0.1, 0.15) is 0 Å². The number of thiophene rings is 1. The monoisotopic (exact) mass is 213 g/mol. The molecule has 76 valence electrons. The van der Waals surface area contributed by atoms with Gasteiger partial charge in [-0.05, 0) is 22.4 Å². The Hall–Kier alpha value is -1.36. The standard InChI is InChI=1S/C9H11NO3S/c1-6(11)10(2)8(9(12)13)7-3-4-14-5-7/h3-5,8H,1-2H3,(H,12,13). The predicted octanol–water partition coefficient (Wildman–Crippen LogP) is 1.35. The van der Waals surface area contributed by atoms with E-state index in [1.165, 1.54) is 30.2 Å². The highest BCUT2D eigenvalue weighted by molar-refractivity contribution is 7.08. The average molecular weight is 213 g/mol. The van der Waals surface area contributed by atoms with E-state index in [1.54, 1.807) is 16.8 Å². The molecule has 0 saturated carbocycles. The first-order valence-electron chi connectivity index (χ1n) is 4.02. The van der Waals surface area contributed by atoms with Gasteiger partial charge in [0.15, 0.2) is 6.04 Å². The number of carboxylic acids is 1. The maximum atomic E-state index is 11.1. The van der Waals surface area contributed by atoms with Gasteiger partial charge in [-0.3, -0.25) is 4.79 Å². The molecular weight excluding hydrogens is 202 g/mol. The van der Waals surface area contributed by atoms with Gasteiger partial charge in [-0.1, -0.05) is 0 Å². The summed E-state index contributed by atoms with van der Waals surface area (Å²) in [5.41, 5.74) is 0.639. The quantitative estimate of drug-likeness (QED) is 0.824. The highest BCUT2D eigenvalue weighted by atomic mass is 32.1. The third-order valence-electron chi connectivity index (χ3n) is 1.98. The van der Waals surface area contributed by atoms with E-state index in [4.69, 9.17) is 5.11 Å². The zero-order valence-electron chi connectivity index (χ0n) is 7.93. The zero-order valence-corrected chi connectivity index (χ0v) is 8.75. The van der Waals surface area contributed by atoms with Gasteiger partial charge in [-0.25, -0.2) is 4.79 Å². The van der Waals surface area contributed by atoms with Gasteiger partial charge in [-0.2, -0.15) is 11.3 Å². The molecule has 0 saturated heterocycles. The first-order chi connectivity index (χ1) is 6.54. The Balaban J connectivity index is 2.97. The highest BCUT2D eigenvalue weighted by Gasteiger charge is 2.26. The van der Waals surface area contributed by atoms with E-state index in [2.05, 4.69) is 0 Å². The Kier molecular flexibility index (Phi) is 3.24. The molecule has 0 aromatic carbocycles. The largest absolute Gasteiger partial charge is 0.479 e. The van der Waals surface area contributed by atoms with E-state index in [-0.39, 0.29) is 5.91 Å². The minimum atomic E-state index is -1.01. The predicted molar refractivity (Wildman–Crippen MR) is 53.1 cm³/mol. The van der Waals surface area contributed by atoms with Crippen molar-refractivity contribution in [3.63, 3.8) is 0 Å². The van der Waals surface area contributed by atoms with Crippen LogP contribution in [0.25, 0.3) is 0 Å². The molecule has 1 amide bonds. The minimum Gasteiger partial charge on any atom is -0.479 e. The normalized spacial score (nSPS) is 12.1. The van der Waals surface area contributed by atoms with E-state index in [0.29, 0.717) is 5.56 Å². The lowest BCUT2D eigenvalue weighted by atomic mass is 10.1. The molecule has 0 aliphatic carbocycles. The van der Waals surface area contributed by atoms with Crippen LogP contribution in [0.3, 0.4) is 0 Å². The number of carbonyl (C=O) groups is 2. The van der Waals surface area contributed by atoms with E-state index in [9.17, 15) is 9.59 Å². The van der Waals surface area contributed by atoms with Crippen molar-refractivity contribution < 1.29 is 14.7 Å². The summed E-state index contributed by atoms with van der Waals surface area (Å²) in [6, 6.07) is 0.835. The Morgan fingerprint density at radius 1 is 1.57 bits per heavy atom. The third-order valence-corrected chi connectivity index (χ3v) is 2.68. The van der Waals surface area contributed by atoms with Crippen LogP contribution >= 0.6 is 11.3 Å². The van der Waals surface area contributed by atoms with Crippen LogP contribution in [0.15, 0.2) is 16.8 Å². The van der Waals surface area contributed by atoms with Crippen molar-refractivity contribution in [1.29, 1.82) is 0 Å². The lowest BCUT2D eigenvalue weighted by Gasteiger charge is -2.22. The van der Waals surface area contributed by atoms with Gasteiger partial charge >= 0.3 is 5.97 Å². The summed E-state index contributed by atoms with van der Waals surface area (Å²) in [4.78, 5) is 23.2. The van der Waals surface area contributed by atoms with Crippen LogP contribution in [0.2, 0.25) is 0 Å². The molecule has 0 aliphatic rings. The van der Waals surface area contributed by atoms with Crippen molar-refractivity contribution in [3.05, 3.63) is 22.4 Å². The smallest absolute Gasteiger partial charge is 0.331 e. The molecule has 5 heteroatoms. The molecule has 1 atom stereocenters. The minimum absolute atomic E-state index is 0.261. The lowest BCUT2D eigenvalue weighted by Crippen LogP contribution is -2.33. The summed E-state index contributed by atoms with van der Waals surface area (Å²) in [5.74, 6) is -1.27. The molecule has 0 bridgehead atoms. The van der Waals surface area contributed by atoms with Crippen molar-refractivity contribution in [2.45, 2.75) is 13.0 Å². The summed E-state index contributed by atoms with van der Waals surface area (Å²) < 4.78 is 0. The molecule has 0 aliphatic heterocycles. The van der Waals surface area contributed by atoms with Gasteiger partial charge < -0.3 is 10.0 Å². The van der Waals surface area contributed by atoms with Crippen LogP contribution in [0.1, 0.15) is 18.5 Å². The summed E-state index contributed by atoms with van der Waals surface area (Å²) in [6.45, 7) is 1.35. The van der Waals surface area contributed by atoms with Gasteiger partial charge in [0, 0.05) is 14.0 Å². The summed E-state index contributed by atoms with van der Waals surface area (Å²) in [5, 5.41) is 12.5. The van der Waals surface area contributed by atoms with Crippen molar-refractivity contribution in [3.8, 4) is 0 Å². The van der Waals surface area contributed by atoms with Crippen molar-refractivity contribution in [2.24, 2.45) is 0 Å². The van der Waals surface area contributed by atoms with Gasteiger partial charge in [0.05, 0.1) is 0 Å². The van der Waals surface area contributed by atoms with Crippen molar-refractivity contribution >= 4 is 23.2 Å². The van der Waals surface area contributed by atoms with E-state index < -0.39 is 12.0 Å². The van der Waals surface area contributed by atoms with Crippen LogP contribution in [0.5, 0.6) is 0 Å². The fraction of sp³-hybridized carbons (Fsp3) is 0.333. The topological polar surface area (TPSA) is 57.6 Å². The van der Waals surface area contributed by atoms with Crippen LogP contribution in [-0.4, -0.2) is 28.9 Å². The van der Waals surface area contributed by atoms with Gasteiger partial charge in [0.25, 0.3) is 0 Å². The van der Waals surface area contributed by atoms with Crippen molar-refractivity contribution in [1.82, 2.24) is 4.90 Å². The summed E-state index contributed by atoms with van der Waals surface area (Å²) in [7, 11) is 1.48. The SMILES string of the molecule is CC(=O)N(C)C(C(=O)O)c1ccsc1. The first kappa shape index (κ1) is 10.7. The highest BCUT2D eigenvalue weighted by Crippen LogP contribution is 2.22. The van der Waals surface area contributed by atoms with Gasteiger partial charge in [0.2, 0.25) is 5.91 Å². The number of hydrogen-bond acceptors (Lipinski definition) is 3. The zero-order chi connectivity index (χ0) is 10.7. The first-order valence-corrected chi connectivity index (χ1v) is 4.96. The fourth-order valence-electron chi connectivity index (χ4n) is 1.14. The van der Waals surface area contributed by atoms with Gasteiger partial charge in [-0.15, -0.1) is 0 Å². The Morgan fingerprint density at radius 3 is 2.57 bits per heavy atom. The number of rotatable bonds is 3. The molecule has 14 heavy (non-hydrogen) atoms. The maximum Gasteiger partial charge on any atom is 0.331 e. The number of aliphatic carboxylic acids is 1. The lowest BCUT2D eigenvalue weighted by molar-refractivity contribution is -0.148. The number of carboxylic acid groups (broad SMARTS) is 1. The number of amides is 1. The number of hydrogen-bond donors (Lipinski definition) is 1. The van der Waals surface area contributed by atoms with E-state index >= 15 is 0 Å². The molecule has 1 unspecified atom stereocenters. The molecular formula is C9H11NO3S. The van der Waals surface area contributed by atoms with E-state index in [1.807, 2.05) is 0 Å². The number of nitrogens with zero attached hydrogens (tertiary/aromatic N) is 1. The van der Waals surface area contributed by atoms with Crippen LogP contribution in [0, 0.1) is 0 Å². The maximum absolute atomic E-state index is 11.1. The Bertz CT molecular complexity index is 334. The Labute approximate surface area is 85.8 Å².